The van der Waals surface area contributed by atoms with Crippen LogP contribution in [0.4, 0.5) is 4.79 Å². The van der Waals surface area contributed by atoms with Crippen LogP contribution in [0.15, 0.2) is 48.5 Å². The normalized spacial score (nSPS) is 13.4. The molecule has 2 aromatic rings. The Balaban J connectivity index is 1.56. The maximum Gasteiger partial charge on any atom is 0.407 e. The van der Waals surface area contributed by atoms with E-state index in [1.807, 2.05) is 36.4 Å². The van der Waals surface area contributed by atoms with Crippen molar-refractivity contribution in [2.45, 2.75) is 38.1 Å². The van der Waals surface area contributed by atoms with E-state index in [2.05, 4.69) is 24.4 Å². The van der Waals surface area contributed by atoms with E-state index < -0.39 is 18.1 Å². The summed E-state index contributed by atoms with van der Waals surface area (Å²) in [6.07, 6.45) is 2.20. The summed E-state index contributed by atoms with van der Waals surface area (Å²) >= 11 is 0. The minimum absolute atomic E-state index is 0.0679. The second-order valence-electron chi connectivity index (χ2n) is 7.14. The van der Waals surface area contributed by atoms with Crippen LogP contribution in [0.1, 0.15) is 43.2 Å². The molecule has 0 bridgehead atoms. The molecular weight excluding hydrogens is 370 g/mol. The third-order valence-electron chi connectivity index (χ3n) is 5.11. The molecule has 2 N–H and O–H groups in total. The summed E-state index contributed by atoms with van der Waals surface area (Å²) in [7, 11) is 0. The van der Waals surface area contributed by atoms with Crippen LogP contribution in [0, 0.1) is 0 Å². The zero-order chi connectivity index (χ0) is 20.6. The molecule has 1 aliphatic rings. The average Bonchev–Trinajstić information content (AvgIpc) is 3.05. The van der Waals surface area contributed by atoms with Gasteiger partial charge >= 0.3 is 12.1 Å². The van der Waals surface area contributed by atoms with Gasteiger partial charge in [-0.1, -0.05) is 68.3 Å². The number of amides is 1. The molecule has 0 heterocycles. The first-order valence-electron chi connectivity index (χ1n) is 10.0. The van der Waals surface area contributed by atoms with Crippen molar-refractivity contribution in [2.75, 3.05) is 19.8 Å². The highest BCUT2D eigenvalue weighted by molar-refractivity contribution is 5.81. The quantitative estimate of drug-likeness (QED) is 0.588. The second-order valence-corrected chi connectivity index (χ2v) is 7.14. The Bertz CT molecular complexity index is 805. The Morgan fingerprint density at radius 1 is 1.03 bits per heavy atom. The lowest BCUT2D eigenvalue weighted by Crippen LogP contribution is -2.44. The molecule has 0 saturated heterocycles. The molecule has 2 aromatic carbocycles. The number of alkyl carbamates (subject to hydrolysis) is 1. The van der Waals surface area contributed by atoms with Crippen molar-refractivity contribution in [2.24, 2.45) is 0 Å². The van der Waals surface area contributed by atoms with Crippen LogP contribution < -0.4 is 5.32 Å². The Morgan fingerprint density at radius 2 is 1.66 bits per heavy atom. The van der Waals surface area contributed by atoms with Crippen molar-refractivity contribution >= 4 is 12.1 Å². The van der Waals surface area contributed by atoms with Crippen molar-refractivity contribution in [1.29, 1.82) is 0 Å². The van der Waals surface area contributed by atoms with Gasteiger partial charge in [-0.05, 0) is 28.7 Å². The predicted octanol–water partition coefficient (Wildman–Crippen LogP) is 4.19. The zero-order valence-corrected chi connectivity index (χ0v) is 16.6. The fraction of sp³-hybridized carbons (Fsp3) is 0.391. The zero-order valence-electron chi connectivity index (χ0n) is 16.6. The van der Waals surface area contributed by atoms with Crippen LogP contribution in [0.2, 0.25) is 0 Å². The fourth-order valence-electron chi connectivity index (χ4n) is 3.61. The van der Waals surface area contributed by atoms with E-state index in [1.165, 1.54) is 0 Å². The van der Waals surface area contributed by atoms with Crippen molar-refractivity contribution in [3.05, 3.63) is 59.7 Å². The summed E-state index contributed by atoms with van der Waals surface area (Å²) in [5.41, 5.74) is 4.49. The smallest absolute Gasteiger partial charge is 0.407 e. The van der Waals surface area contributed by atoms with Gasteiger partial charge in [0.2, 0.25) is 0 Å². The van der Waals surface area contributed by atoms with Crippen molar-refractivity contribution in [3.63, 3.8) is 0 Å². The number of hydrogen-bond acceptors (Lipinski definition) is 4. The molecule has 0 radical (unpaired) electrons. The van der Waals surface area contributed by atoms with Gasteiger partial charge in [-0.15, -0.1) is 0 Å². The number of ether oxygens (including phenoxy) is 2. The van der Waals surface area contributed by atoms with Crippen LogP contribution >= 0.6 is 0 Å². The van der Waals surface area contributed by atoms with Crippen molar-refractivity contribution in [1.82, 2.24) is 5.32 Å². The highest BCUT2D eigenvalue weighted by Crippen LogP contribution is 2.44. The number of carbonyl (C=O) groups excluding carboxylic acids is 1. The molecule has 0 aromatic heterocycles. The first-order valence-corrected chi connectivity index (χ1v) is 10.0. The molecule has 6 heteroatoms. The molecule has 29 heavy (non-hydrogen) atoms. The minimum atomic E-state index is -1.14. The van der Waals surface area contributed by atoms with E-state index in [0.717, 1.165) is 41.5 Å². The Hall–Kier alpha value is -2.86. The van der Waals surface area contributed by atoms with Crippen LogP contribution in [0.3, 0.4) is 0 Å². The summed E-state index contributed by atoms with van der Waals surface area (Å²) in [5.74, 6) is -1.21. The predicted molar refractivity (Wildman–Crippen MR) is 110 cm³/mol. The molecule has 154 valence electrons. The number of carbonyl (C=O) groups is 2. The van der Waals surface area contributed by atoms with Gasteiger partial charge in [-0.2, -0.15) is 0 Å². The average molecular weight is 397 g/mol. The number of rotatable bonds is 10. The van der Waals surface area contributed by atoms with Gasteiger partial charge < -0.3 is 19.9 Å². The summed E-state index contributed by atoms with van der Waals surface area (Å²) in [6, 6.07) is 15.0. The Kier molecular flexibility index (Phi) is 7.25. The molecule has 1 unspecified atom stereocenters. The number of hydrogen-bond donors (Lipinski definition) is 2. The van der Waals surface area contributed by atoms with E-state index in [1.54, 1.807) is 0 Å². The molecule has 0 aliphatic heterocycles. The van der Waals surface area contributed by atoms with Gasteiger partial charge in [0, 0.05) is 12.5 Å². The van der Waals surface area contributed by atoms with E-state index >= 15 is 0 Å². The number of carboxylic acids is 1. The Labute approximate surface area is 170 Å². The summed E-state index contributed by atoms with van der Waals surface area (Å²) < 4.78 is 10.8. The maximum absolute atomic E-state index is 12.2. The minimum Gasteiger partial charge on any atom is -0.480 e. The number of carboxylic acid groups (broad SMARTS) is 1. The third-order valence-corrected chi connectivity index (χ3v) is 5.11. The Morgan fingerprint density at radius 3 is 2.24 bits per heavy atom. The van der Waals surface area contributed by atoms with Crippen molar-refractivity contribution < 1.29 is 24.2 Å². The molecule has 0 spiro atoms. The molecule has 6 nitrogen and oxygen atoms in total. The summed E-state index contributed by atoms with van der Waals surface area (Å²) in [6.45, 7) is 2.62. The molecule has 1 atom stereocenters. The van der Waals surface area contributed by atoms with Crippen LogP contribution in [-0.4, -0.2) is 43.0 Å². The van der Waals surface area contributed by atoms with Gasteiger partial charge in [0.05, 0.1) is 6.61 Å². The topological polar surface area (TPSA) is 84.9 Å². The van der Waals surface area contributed by atoms with E-state index in [9.17, 15) is 14.7 Å². The molecule has 3 rings (SSSR count). The molecule has 1 amide bonds. The number of aliphatic carboxylic acids is 1. The summed E-state index contributed by atoms with van der Waals surface area (Å²) in [4.78, 5) is 23.6. The van der Waals surface area contributed by atoms with Crippen LogP contribution in [0.5, 0.6) is 0 Å². The molecule has 1 aliphatic carbocycles. The van der Waals surface area contributed by atoms with Gasteiger partial charge in [-0.3, -0.25) is 0 Å². The SMILES string of the molecule is CCCCCOCC(NC(=O)OCC1c2ccccc2-c2ccccc21)C(=O)O. The lowest BCUT2D eigenvalue weighted by Gasteiger charge is -2.17. The molecule has 0 fully saturated rings. The fourth-order valence-corrected chi connectivity index (χ4v) is 3.61. The van der Waals surface area contributed by atoms with Crippen LogP contribution in [0.25, 0.3) is 11.1 Å². The standard InChI is InChI=1S/C23H27NO5/c1-2-3-8-13-28-15-21(22(25)26)24-23(27)29-14-20-18-11-6-4-9-16(18)17-10-5-7-12-19(17)20/h4-7,9-12,20-21H,2-3,8,13-15H2,1H3,(H,24,27)(H,25,26). The van der Waals surface area contributed by atoms with Gasteiger partial charge in [0.15, 0.2) is 6.04 Å². The second kappa shape index (κ2) is 10.1. The van der Waals surface area contributed by atoms with Crippen LogP contribution in [-0.2, 0) is 14.3 Å². The number of nitrogens with one attached hydrogen (secondary N) is 1. The molecule has 0 saturated carbocycles. The number of unbranched alkanes of at least 4 members (excludes halogenated alkanes) is 2. The number of benzene rings is 2. The highest BCUT2D eigenvalue weighted by Gasteiger charge is 2.29. The van der Waals surface area contributed by atoms with E-state index in [-0.39, 0.29) is 19.1 Å². The third kappa shape index (κ3) is 5.15. The largest absolute Gasteiger partial charge is 0.480 e. The first-order chi connectivity index (χ1) is 14.1. The summed E-state index contributed by atoms with van der Waals surface area (Å²) in [5, 5.41) is 11.7. The van der Waals surface area contributed by atoms with Gasteiger partial charge in [0.1, 0.15) is 6.61 Å². The lowest BCUT2D eigenvalue weighted by atomic mass is 9.98. The van der Waals surface area contributed by atoms with E-state index in [4.69, 9.17) is 9.47 Å². The maximum atomic E-state index is 12.2. The van der Waals surface area contributed by atoms with Crippen molar-refractivity contribution in [3.8, 4) is 11.1 Å². The van der Waals surface area contributed by atoms with Gasteiger partial charge in [-0.25, -0.2) is 9.59 Å². The lowest BCUT2D eigenvalue weighted by molar-refractivity contribution is -0.141. The molecular formula is C23H27NO5. The van der Waals surface area contributed by atoms with Gasteiger partial charge in [0.25, 0.3) is 0 Å². The highest BCUT2D eigenvalue weighted by atomic mass is 16.5. The monoisotopic (exact) mass is 397 g/mol. The van der Waals surface area contributed by atoms with E-state index in [0.29, 0.717) is 6.61 Å². The number of fused-ring (bicyclic) bond motifs is 3. The first kappa shape index (κ1) is 20.9.